The van der Waals surface area contributed by atoms with Gasteiger partial charge in [-0.05, 0) is 42.7 Å². The van der Waals surface area contributed by atoms with Gasteiger partial charge in [0.05, 0.1) is 0 Å². The van der Waals surface area contributed by atoms with E-state index in [0.29, 0.717) is 6.04 Å². The van der Waals surface area contributed by atoms with E-state index in [1.165, 1.54) is 34.9 Å². The highest BCUT2D eigenvalue weighted by Crippen LogP contribution is 2.25. The van der Waals surface area contributed by atoms with Gasteiger partial charge in [-0.3, -0.25) is 0 Å². The summed E-state index contributed by atoms with van der Waals surface area (Å²) in [6.07, 6.45) is 1.31. The van der Waals surface area contributed by atoms with Crippen molar-refractivity contribution in [1.82, 2.24) is 5.32 Å². The number of thioether (sulfide) groups is 1. The van der Waals surface area contributed by atoms with E-state index in [0.717, 1.165) is 0 Å². The first-order valence-electron chi connectivity index (χ1n) is 4.72. The Morgan fingerprint density at radius 1 is 1.54 bits per heavy atom. The monoisotopic (exact) mass is 213 g/mol. The summed E-state index contributed by atoms with van der Waals surface area (Å²) in [5.74, 6) is 2.54. The third-order valence-electron chi connectivity index (χ3n) is 2.29. The topological polar surface area (TPSA) is 12.0 Å². The van der Waals surface area contributed by atoms with Crippen LogP contribution in [0.2, 0.25) is 0 Å². The molecule has 0 spiro atoms. The van der Waals surface area contributed by atoms with Gasteiger partial charge in [0.15, 0.2) is 0 Å². The second-order valence-corrected chi connectivity index (χ2v) is 5.69. The molecular formula is C10H15NS2. The lowest BCUT2D eigenvalue weighted by molar-refractivity contribution is 0.591. The molecule has 0 saturated carbocycles. The fourth-order valence-corrected chi connectivity index (χ4v) is 3.39. The van der Waals surface area contributed by atoms with Crippen molar-refractivity contribution in [2.24, 2.45) is 0 Å². The molecule has 1 aliphatic rings. The van der Waals surface area contributed by atoms with Crippen LogP contribution >= 0.6 is 23.1 Å². The average Bonchev–Trinajstić information content (AvgIpc) is 2.43. The number of hydrogen-bond donors (Lipinski definition) is 1. The molecule has 13 heavy (non-hydrogen) atoms. The summed E-state index contributed by atoms with van der Waals surface area (Å²) >= 11 is 3.93. The molecule has 1 nitrogen and oxygen atoms in total. The first-order valence-corrected chi connectivity index (χ1v) is 6.76. The van der Waals surface area contributed by atoms with Gasteiger partial charge < -0.3 is 5.32 Å². The third kappa shape index (κ3) is 2.48. The predicted molar refractivity (Wildman–Crippen MR) is 61.7 cm³/mol. The molecule has 1 aromatic heterocycles. The van der Waals surface area contributed by atoms with Crippen LogP contribution in [0, 0.1) is 6.92 Å². The second-order valence-electron chi connectivity index (χ2n) is 3.43. The lowest BCUT2D eigenvalue weighted by Gasteiger charge is -2.13. The molecule has 3 heteroatoms. The van der Waals surface area contributed by atoms with Gasteiger partial charge in [-0.15, -0.1) is 11.3 Å². The molecule has 1 atom stereocenters. The van der Waals surface area contributed by atoms with Crippen molar-refractivity contribution >= 4 is 23.1 Å². The van der Waals surface area contributed by atoms with Crippen molar-refractivity contribution in [3.05, 3.63) is 21.9 Å². The largest absolute Gasteiger partial charge is 0.309 e. The van der Waals surface area contributed by atoms with E-state index in [-0.39, 0.29) is 0 Å². The van der Waals surface area contributed by atoms with E-state index in [1.807, 2.05) is 11.3 Å². The zero-order valence-electron chi connectivity index (χ0n) is 7.88. The molecule has 0 aromatic carbocycles. The Balaban J connectivity index is 2.06. The van der Waals surface area contributed by atoms with Crippen LogP contribution in [0.4, 0.5) is 0 Å². The quantitative estimate of drug-likeness (QED) is 0.770. The Hall–Kier alpha value is 0.01000. The van der Waals surface area contributed by atoms with E-state index in [2.05, 4.69) is 35.4 Å². The van der Waals surface area contributed by atoms with Gasteiger partial charge >= 0.3 is 0 Å². The number of nitrogens with one attached hydrogen (secondary N) is 1. The highest BCUT2D eigenvalue weighted by Gasteiger charge is 2.14. The summed E-state index contributed by atoms with van der Waals surface area (Å²) in [5, 5.41) is 5.89. The molecule has 1 N–H and O–H groups in total. The summed E-state index contributed by atoms with van der Waals surface area (Å²) < 4.78 is 0. The number of aryl methyl sites for hydroxylation is 1. The zero-order valence-corrected chi connectivity index (χ0v) is 9.51. The molecule has 72 valence electrons. The maximum atomic E-state index is 3.60. The Morgan fingerprint density at radius 2 is 2.46 bits per heavy atom. The van der Waals surface area contributed by atoms with E-state index in [9.17, 15) is 0 Å². The Kier molecular flexibility index (Phi) is 3.30. The summed E-state index contributed by atoms with van der Waals surface area (Å²) in [5.41, 5.74) is 1.48. The highest BCUT2D eigenvalue weighted by atomic mass is 32.2. The maximum absolute atomic E-state index is 3.60. The molecule has 1 saturated heterocycles. The van der Waals surface area contributed by atoms with Gasteiger partial charge in [0.25, 0.3) is 0 Å². The van der Waals surface area contributed by atoms with Gasteiger partial charge in [0.2, 0.25) is 0 Å². The molecule has 0 amide bonds. The van der Waals surface area contributed by atoms with Gasteiger partial charge in [-0.25, -0.2) is 0 Å². The summed E-state index contributed by atoms with van der Waals surface area (Å²) in [7, 11) is 0. The summed E-state index contributed by atoms with van der Waals surface area (Å²) in [6.45, 7) is 3.35. The minimum absolute atomic E-state index is 0.595. The normalized spacial score (nSPS) is 24.2. The zero-order chi connectivity index (χ0) is 9.10. The first kappa shape index (κ1) is 9.56. The smallest absolute Gasteiger partial charge is 0.0420 e. The minimum atomic E-state index is 0.595. The molecule has 1 aliphatic heterocycles. The molecule has 0 radical (unpaired) electrons. The van der Waals surface area contributed by atoms with Crippen LogP contribution in [-0.2, 0) is 0 Å². The Morgan fingerprint density at radius 3 is 3.23 bits per heavy atom. The SMILES string of the molecule is Cc1cc(C2CSCCCN2)cs1. The third-order valence-corrected chi connectivity index (χ3v) is 4.32. The van der Waals surface area contributed by atoms with Crippen molar-refractivity contribution in [3.8, 4) is 0 Å². The number of rotatable bonds is 1. The first-order chi connectivity index (χ1) is 6.36. The fourth-order valence-electron chi connectivity index (χ4n) is 1.57. The Labute approximate surface area is 87.9 Å². The van der Waals surface area contributed by atoms with Crippen LogP contribution in [0.1, 0.15) is 22.9 Å². The van der Waals surface area contributed by atoms with Gasteiger partial charge in [0, 0.05) is 16.7 Å². The van der Waals surface area contributed by atoms with Crippen molar-refractivity contribution in [1.29, 1.82) is 0 Å². The molecule has 0 aliphatic carbocycles. The lowest BCUT2D eigenvalue weighted by atomic mass is 10.1. The van der Waals surface area contributed by atoms with Crippen molar-refractivity contribution < 1.29 is 0 Å². The molecule has 2 rings (SSSR count). The van der Waals surface area contributed by atoms with Crippen LogP contribution < -0.4 is 5.32 Å². The number of hydrogen-bond acceptors (Lipinski definition) is 3. The van der Waals surface area contributed by atoms with Crippen LogP contribution in [-0.4, -0.2) is 18.1 Å². The van der Waals surface area contributed by atoms with Crippen LogP contribution in [0.15, 0.2) is 11.4 Å². The van der Waals surface area contributed by atoms with E-state index >= 15 is 0 Å². The standard InChI is InChI=1S/C10H15NS2/c1-8-5-9(6-13-8)10-7-12-4-2-3-11-10/h5-6,10-11H,2-4,7H2,1H3. The number of thiophene rings is 1. The van der Waals surface area contributed by atoms with Crippen LogP contribution in [0.3, 0.4) is 0 Å². The predicted octanol–water partition coefficient (Wildman–Crippen LogP) is 2.82. The molecule has 1 fully saturated rings. The molecule has 1 unspecified atom stereocenters. The van der Waals surface area contributed by atoms with Crippen LogP contribution in [0.25, 0.3) is 0 Å². The average molecular weight is 213 g/mol. The van der Waals surface area contributed by atoms with E-state index in [4.69, 9.17) is 0 Å². The maximum Gasteiger partial charge on any atom is 0.0420 e. The highest BCUT2D eigenvalue weighted by molar-refractivity contribution is 7.99. The van der Waals surface area contributed by atoms with Crippen molar-refractivity contribution in [2.45, 2.75) is 19.4 Å². The summed E-state index contributed by atoms with van der Waals surface area (Å²) in [6, 6.07) is 2.91. The molecule has 0 bridgehead atoms. The minimum Gasteiger partial charge on any atom is -0.309 e. The molecule has 2 heterocycles. The van der Waals surface area contributed by atoms with Gasteiger partial charge in [-0.2, -0.15) is 11.8 Å². The molecule has 1 aromatic rings. The van der Waals surface area contributed by atoms with Crippen LogP contribution in [0.5, 0.6) is 0 Å². The summed E-state index contributed by atoms with van der Waals surface area (Å²) in [4.78, 5) is 1.42. The molecular weight excluding hydrogens is 198 g/mol. The van der Waals surface area contributed by atoms with Crippen molar-refractivity contribution in [3.63, 3.8) is 0 Å². The van der Waals surface area contributed by atoms with E-state index < -0.39 is 0 Å². The lowest BCUT2D eigenvalue weighted by Crippen LogP contribution is -2.21. The fraction of sp³-hybridized carbons (Fsp3) is 0.600. The van der Waals surface area contributed by atoms with E-state index in [1.54, 1.807) is 0 Å². The van der Waals surface area contributed by atoms with Crippen molar-refractivity contribution in [2.75, 3.05) is 18.1 Å². The van der Waals surface area contributed by atoms with Gasteiger partial charge in [0.1, 0.15) is 0 Å². The van der Waals surface area contributed by atoms with Gasteiger partial charge in [-0.1, -0.05) is 0 Å². The Bertz CT molecular complexity index is 262. The second kappa shape index (κ2) is 4.49.